The van der Waals surface area contributed by atoms with Crippen LogP contribution in [0.15, 0.2) is 84.9 Å². The predicted octanol–water partition coefficient (Wildman–Crippen LogP) is 3.67. The van der Waals surface area contributed by atoms with E-state index in [4.69, 9.17) is 10.00 Å². The summed E-state index contributed by atoms with van der Waals surface area (Å²) in [5.74, 6) is 0.308. The number of hydrogen-bond donors (Lipinski definition) is 1. The lowest BCUT2D eigenvalue weighted by molar-refractivity contribution is -0.128. The Morgan fingerprint density at radius 1 is 0.857 bits per heavy atom. The van der Waals surface area contributed by atoms with E-state index in [2.05, 4.69) is 5.43 Å². The van der Waals surface area contributed by atoms with Gasteiger partial charge in [0.1, 0.15) is 5.75 Å². The van der Waals surface area contributed by atoms with Crippen molar-refractivity contribution in [2.75, 3.05) is 6.61 Å². The van der Waals surface area contributed by atoms with E-state index in [0.717, 1.165) is 11.1 Å². The standard InChI is InChI=1S/C23H21N3O2/c24-15-19-11-13-22(14-12-19)28-18-23(27)25-26(16-20-7-3-1-4-8-20)17-21-9-5-2-6-10-21/h1-14H,16-18H2,(H,25,27). The molecule has 0 aliphatic rings. The SMILES string of the molecule is N#Cc1ccc(OCC(=O)NN(Cc2ccccc2)Cc2ccccc2)cc1. The molecule has 0 spiro atoms. The highest BCUT2D eigenvalue weighted by atomic mass is 16.5. The topological polar surface area (TPSA) is 65.4 Å². The van der Waals surface area contributed by atoms with Crippen LogP contribution in [0.25, 0.3) is 0 Å². The molecule has 28 heavy (non-hydrogen) atoms. The fourth-order valence-corrected chi connectivity index (χ4v) is 2.73. The fraction of sp³-hybridized carbons (Fsp3) is 0.130. The summed E-state index contributed by atoms with van der Waals surface area (Å²) in [6.45, 7) is 1.06. The predicted molar refractivity (Wildman–Crippen MR) is 107 cm³/mol. The van der Waals surface area contributed by atoms with E-state index in [1.807, 2.05) is 71.7 Å². The van der Waals surface area contributed by atoms with Gasteiger partial charge in [-0.1, -0.05) is 60.7 Å². The van der Waals surface area contributed by atoms with Crippen molar-refractivity contribution in [2.24, 2.45) is 0 Å². The van der Waals surface area contributed by atoms with E-state index in [1.54, 1.807) is 24.3 Å². The van der Waals surface area contributed by atoms with E-state index in [0.29, 0.717) is 24.4 Å². The van der Waals surface area contributed by atoms with Crippen LogP contribution in [-0.2, 0) is 17.9 Å². The Kier molecular flexibility index (Phi) is 6.78. The number of carbonyl (C=O) groups excluding carboxylic acids is 1. The molecule has 0 aromatic heterocycles. The van der Waals surface area contributed by atoms with Gasteiger partial charge in [0, 0.05) is 13.1 Å². The van der Waals surface area contributed by atoms with E-state index in [9.17, 15) is 4.79 Å². The maximum Gasteiger partial charge on any atom is 0.272 e. The molecule has 1 N–H and O–H groups in total. The van der Waals surface area contributed by atoms with Crippen LogP contribution < -0.4 is 10.2 Å². The minimum atomic E-state index is -0.240. The second kappa shape index (κ2) is 9.91. The van der Waals surface area contributed by atoms with Gasteiger partial charge in [-0.2, -0.15) is 5.26 Å². The first-order valence-electron chi connectivity index (χ1n) is 8.98. The summed E-state index contributed by atoms with van der Waals surface area (Å²) < 4.78 is 5.52. The van der Waals surface area contributed by atoms with Crippen LogP contribution in [-0.4, -0.2) is 17.5 Å². The van der Waals surface area contributed by atoms with Crippen LogP contribution >= 0.6 is 0 Å². The first kappa shape index (κ1) is 19.2. The van der Waals surface area contributed by atoms with Gasteiger partial charge >= 0.3 is 0 Å². The lowest BCUT2D eigenvalue weighted by Gasteiger charge is -2.23. The molecule has 0 aliphatic carbocycles. The van der Waals surface area contributed by atoms with Crippen molar-refractivity contribution in [1.29, 1.82) is 5.26 Å². The van der Waals surface area contributed by atoms with Crippen molar-refractivity contribution in [3.8, 4) is 11.8 Å². The molecular formula is C23H21N3O2. The number of hydrogen-bond acceptors (Lipinski definition) is 4. The molecule has 0 saturated heterocycles. The third kappa shape index (κ3) is 5.97. The number of nitriles is 1. The molecular weight excluding hydrogens is 350 g/mol. The second-order valence-corrected chi connectivity index (χ2v) is 6.29. The number of amides is 1. The molecule has 3 rings (SSSR count). The van der Waals surface area contributed by atoms with Gasteiger partial charge in [-0.3, -0.25) is 10.2 Å². The molecule has 0 saturated carbocycles. The third-order valence-corrected chi connectivity index (χ3v) is 4.07. The number of hydrazine groups is 1. The summed E-state index contributed by atoms with van der Waals surface area (Å²) in [4.78, 5) is 12.4. The van der Waals surface area contributed by atoms with Crippen molar-refractivity contribution in [3.05, 3.63) is 102 Å². The van der Waals surface area contributed by atoms with E-state index >= 15 is 0 Å². The fourth-order valence-electron chi connectivity index (χ4n) is 2.73. The first-order valence-corrected chi connectivity index (χ1v) is 8.98. The summed E-state index contributed by atoms with van der Waals surface area (Å²) in [7, 11) is 0. The van der Waals surface area contributed by atoms with Gasteiger partial charge in [-0.25, -0.2) is 5.01 Å². The van der Waals surface area contributed by atoms with Crippen LogP contribution in [0.1, 0.15) is 16.7 Å². The Balaban J connectivity index is 1.60. The highest BCUT2D eigenvalue weighted by Gasteiger charge is 2.12. The molecule has 0 atom stereocenters. The average molecular weight is 371 g/mol. The zero-order valence-electron chi connectivity index (χ0n) is 15.4. The molecule has 3 aromatic rings. The van der Waals surface area contributed by atoms with Crippen LogP contribution in [0.4, 0.5) is 0 Å². The maximum atomic E-state index is 12.4. The number of rotatable bonds is 8. The monoisotopic (exact) mass is 371 g/mol. The van der Waals surface area contributed by atoms with E-state index < -0.39 is 0 Å². The lowest BCUT2D eigenvalue weighted by Crippen LogP contribution is -2.43. The third-order valence-electron chi connectivity index (χ3n) is 4.07. The minimum Gasteiger partial charge on any atom is -0.484 e. The van der Waals surface area contributed by atoms with Gasteiger partial charge in [-0.15, -0.1) is 0 Å². The smallest absolute Gasteiger partial charge is 0.272 e. The van der Waals surface area contributed by atoms with Gasteiger partial charge in [0.25, 0.3) is 5.91 Å². The molecule has 3 aromatic carbocycles. The zero-order valence-corrected chi connectivity index (χ0v) is 15.4. The summed E-state index contributed by atoms with van der Waals surface area (Å²) in [6, 6.07) is 28.7. The molecule has 0 radical (unpaired) electrons. The summed E-state index contributed by atoms with van der Waals surface area (Å²) in [6.07, 6.45) is 0. The van der Waals surface area contributed by atoms with Gasteiger partial charge in [-0.05, 0) is 35.4 Å². The van der Waals surface area contributed by atoms with E-state index in [-0.39, 0.29) is 12.5 Å². The molecule has 0 bridgehead atoms. The Hall–Kier alpha value is -3.62. The van der Waals surface area contributed by atoms with Gasteiger partial charge < -0.3 is 4.74 Å². The molecule has 0 unspecified atom stereocenters. The summed E-state index contributed by atoms with van der Waals surface area (Å²) in [5.41, 5.74) is 5.68. The van der Waals surface area contributed by atoms with Gasteiger partial charge in [0.05, 0.1) is 11.6 Å². The molecule has 0 fully saturated rings. The van der Waals surface area contributed by atoms with Crippen LogP contribution in [0.5, 0.6) is 5.75 Å². The normalized spacial score (nSPS) is 10.3. The number of benzene rings is 3. The van der Waals surface area contributed by atoms with Crippen LogP contribution in [0, 0.1) is 11.3 Å². The molecule has 5 nitrogen and oxygen atoms in total. The first-order chi connectivity index (χ1) is 13.7. The number of carbonyl (C=O) groups is 1. The molecule has 0 heterocycles. The number of nitrogens with zero attached hydrogens (tertiary/aromatic N) is 2. The van der Waals surface area contributed by atoms with Crippen molar-refractivity contribution >= 4 is 5.91 Å². The molecule has 0 aliphatic heterocycles. The molecule has 5 heteroatoms. The van der Waals surface area contributed by atoms with Crippen molar-refractivity contribution in [3.63, 3.8) is 0 Å². The number of nitrogens with one attached hydrogen (secondary N) is 1. The Morgan fingerprint density at radius 2 is 1.39 bits per heavy atom. The average Bonchev–Trinajstić information content (AvgIpc) is 2.74. The molecule has 1 amide bonds. The molecule has 140 valence electrons. The Morgan fingerprint density at radius 3 is 1.89 bits per heavy atom. The van der Waals surface area contributed by atoms with Crippen LogP contribution in [0.2, 0.25) is 0 Å². The van der Waals surface area contributed by atoms with Gasteiger partial charge in [0.2, 0.25) is 0 Å². The number of ether oxygens (including phenoxy) is 1. The van der Waals surface area contributed by atoms with Crippen molar-refractivity contribution < 1.29 is 9.53 Å². The summed E-state index contributed by atoms with van der Waals surface area (Å²) >= 11 is 0. The lowest BCUT2D eigenvalue weighted by atomic mass is 10.2. The van der Waals surface area contributed by atoms with E-state index in [1.165, 1.54) is 0 Å². The highest BCUT2D eigenvalue weighted by Crippen LogP contribution is 2.12. The van der Waals surface area contributed by atoms with Crippen LogP contribution in [0.3, 0.4) is 0 Å². The van der Waals surface area contributed by atoms with Gasteiger partial charge in [0.15, 0.2) is 6.61 Å². The van der Waals surface area contributed by atoms with Crippen molar-refractivity contribution in [2.45, 2.75) is 13.1 Å². The summed E-state index contributed by atoms with van der Waals surface area (Å²) in [5, 5.41) is 10.7. The maximum absolute atomic E-state index is 12.4. The second-order valence-electron chi connectivity index (χ2n) is 6.29. The van der Waals surface area contributed by atoms with Crippen molar-refractivity contribution in [1.82, 2.24) is 10.4 Å². The zero-order chi connectivity index (χ0) is 19.6. The largest absolute Gasteiger partial charge is 0.484 e. The highest BCUT2D eigenvalue weighted by molar-refractivity contribution is 5.77. The Bertz CT molecular complexity index is 878. The quantitative estimate of drug-likeness (QED) is 0.614. The Labute approximate surface area is 164 Å². The minimum absolute atomic E-state index is 0.105.